The number of hydrogen-bond donors (Lipinski definition) is 3. The number of hydrogen-bond acceptors (Lipinski definition) is 9. The average molecular weight is 478 g/mol. The summed E-state index contributed by atoms with van der Waals surface area (Å²) in [5.74, 6) is 1.78. The first-order valence-corrected chi connectivity index (χ1v) is 12.0. The van der Waals surface area contributed by atoms with Gasteiger partial charge in [0.05, 0.1) is 11.1 Å². The molecular weight excluding hydrogens is 446 g/mol. The quantitative estimate of drug-likeness (QED) is 0.317. The van der Waals surface area contributed by atoms with Gasteiger partial charge in [0.2, 0.25) is 5.95 Å². The Bertz CT molecular complexity index is 1250. The molecule has 4 rings (SSSR count). The van der Waals surface area contributed by atoms with Gasteiger partial charge in [-0.15, -0.1) is 11.3 Å². The van der Waals surface area contributed by atoms with Gasteiger partial charge >= 0.3 is 0 Å². The number of likely N-dealkylation sites (N-methyl/N-ethyl adjacent to an activating group) is 2. The lowest BCUT2D eigenvalue weighted by molar-refractivity contribution is 0.0740. The van der Waals surface area contributed by atoms with Crippen LogP contribution in [-0.2, 0) is 5.60 Å². The van der Waals surface area contributed by atoms with E-state index in [1.807, 2.05) is 35.7 Å². The lowest BCUT2D eigenvalue weighted by Crippen LogP contribution is -2.28. The van der Waals surface area contributed by atoms with Crippen LogP contribution in [0.3, 0.4) is 0 Å². The predicted molar refractivity (Wildman–Crippen MR) is 142 cm³/mol. The molecule has 3 N–H and O–H groups in total. The van der Waals surface area contributed by atoms with Crippen LogP contribution < -0.4 is 15.5 Å². The molecule has 0 atom stereocenters. The first-order chi connectivity index (χ1) is 16.2. The van der Waals surface area contributed by atoms with Crippen molar-refractivity contribution in [1.82, 2.24) is 19.9 Å². The standard InChI is InChI=1S/C25H31N7OS/c1-25(2,33)20-7-6-8-21(27-20)28-22-19-13-16-34-23(19)30-24(29-22)26-17-9-11-18(12-10-17)32(5)15-14-31(3)4/h6-13,16,33H,14-15H2,1-5H3,(H2,26,27,28,29,30). The van der Waals surface area contributed by atoms with E-state index in [-0.39, 0.29) is 0 Å². The highest BCUT2D eigenvalue weighted by atomic mass is 32.1. The lowest BCUT2D eigenvalue weighted by Gasteiger charge is -2.21. The minimum Gasteiger partial charge on any atom is -0.384 e. The molecule has 0 aliphatic carbocycles. The second-order valence-corrected chi connectivity index (χ2v) is 9.92. The molecule has 0 saturated heterocycles. The van der Waals surface area contributed by atoms with E-state index >= 15 is 0 Å². The molecule has 34 heavy (non-hydrogen) atoms. The molecule has 0 aliphatic rings. The van der Waals surface area contributed by atoms with E-state index in [1.165, 1.54) is 0 Å². The zero-order valence-electron chi connectivity index (χ0n) is 20.2. The number of benzene rings is 1. The van der Waals surface area contributed by atoms with Gasteiger partial charge < -0.3 is 25.5 Å². The fourth-order valence-electron chi connectivity index (χ4n) is 3.38. The highest BCUT2D eigenvalue weighted by Gasteiger charge is 2.18. The van der Waals surface area contributed by atoms with E-state index < -0.39 is 5.60 Å². The van der Waals surface area contributed by atoms with Crippen molar-refractivity contribution in [1.29, 1.82) is 0 Å². The average Bonchev–Trinajstić information content (AvgIpc) is 3.26. The Kier molecular flexibility index (Phi) is 6.97. The van der Waals surface area contributed by atoms with Crippen molar-refractivity contribution < 1.29 is 5.11 Å². The third kappa shape index (κ3) is 5.80. The van der Waals surface area contributed by atoms with Crippen LogP contribution >= 0.6 is 11.3 Å². The number of rotatable bonds is 9. The van der Waals surface area contributed by atoms with Crippen LogP contribution in [0.15, 0.2) is 53.9 Å². The second-order valence-electron chi connectivity index (χ2n) is 9.02. The number of nitrogens with zero attached hydrogens (tertiary/aromatic N) is 5. The molecule has 0 amide bonds. The number of pyridine rings is 1. The number of aliphatic hydroxyl groups is 1. The zero-order valence-corrected chi connectivity index (χ0v) is 21.0. The molecular formula is C25H31N7OS. The van der Waals surface area contributed by atoms with E-state index in [9.17, 15) is 5.11 Å². The van der Waals surface area contributed by atoms with Gasteiger partial charge in [-0.05, 0) is 75.8 Å². The molecule has 1 aromatic carbocycles. The van der Waals surface area contributed by atoms with E-state index in [0.717, 1.165) is 34.7 Å². The van der Waals surface area contributed by atoms with Gasteiger partial charge in [0.25, 0.3) is 0 Å². The van der Waals surface area contributed by atoms with Gasteiger partial charge in [0.15, 0.2) is 0 Å². The predicted octanol–water partition coefficient (Wildman–Crippen LogP) is 4.80. The maximum absolute atomic E-state index is 10.3. The third-order valence-corrected chi connectivity index (χ3v) is 6.20. The van der Waals surface area contributed by atoms with Crippen LogP contribution in [0.25, 0.3) is 10.2 Å². The van der Waals surface area contributed by atoms with Crippen LogP contribution in [0.2, 0.25) is 0 Å². The highest BCUT2D eigenvalue weighted by molar-refractivity contribution is 7.16. The Morgan fingerprint density at radius 1 is 0.912 bits per heavy atom. The van der Waals surface area contributed by atoms with Crippen molar-refractivity contribution in [3.8, 4) is 0 Å². The van der Waals surface area contributed by atoms with Gasteiger partial charge in [0.1, 0.15) is 22.1 Å². The number of anilines is 5. The third-order valence-electron chi connectivity index (χ3n) is 5.39. The van der Waals surface area contributed by atoms with Crippen molar-refractivity contribution in [3.63, 3.8) is 0 Å². The van der Waals surface area contributed by atoms with Gasteiger partial charge in [-0.3, -0.25) is 0 Å². The normalized spacial score (nSPS) is 11.7. The molecule has 0 unspecified atom stereocenters. The Balaban J connectivity index is 1.55. The summed E-state index contributed by atoms with van der Waals surface area (Å²) in [4.78, 5) is 19.2. The zero-order chi connectivity index (χ0) is 24.3. The van der Waals surface area contributed by atoms with Crippen LogP contribution in [0.5, 0.6) is 0 Å². The molecule has 0 aliphatic heterocycles. The Morgan fingerprint density at radius 3 is 2.38 bits per heavy atom. The molecule has 3 heterocycles. The highest BCUT2D eigenvalue weighted by Crippen LogP contribution is 2.30. The SMILES string of the molecule is CN(C)CCN(C)c1ccc(Nc2nc(Nc3cccc(C(C)(C)O)n3)c3ccsc3n2)cc1. The van der Waals surface area contributed by atoms with Crippen LogP contribution in [-0.4, -0.2) is 59.2 Å². The maximum Gasteiger partial charge on any atom is 0.230 e. The largest absolute Gasteiger partial charge is 0.384 e. The van der Waals surface area contributed by atoms with Crippen molar-refractivity contribution in [2.75, 3.05) is 49.8 Å². The van der Waals surface area contributed by atoms with Crippen molar-refractivity contribution in [3.05, 3.63) is 59.6 Å². The van der Waals surface area contributed by atoms with Gasteiger partial charge in [0, 0.05) is 31.5 Å². The monoisotopic (exact) mass is 477 g/mol. The molecule has 0 bridgehead atoms. The smallest absolute Gasteiger partial charge is 0.230 e. The van der Waals surface area contributed by atoms with Crippen molar-refractivity contribution in [2.24, 2.45) is 0 Å². The number of aromatic nitrogens is 3. The summed E-state index contributed by atoms with van der Waals surface area (Å²) in [6.45, 7) is 5.38. The topological polar surface area (TPSA) is 89.4 Å². The summed E-state index contributed by atoms with van der Waals surface area (Å²) in [6.07, 6.45) is 0. The maximum atomic E-state index is 10.3. The summed E-state index contributed by atoms with van der Waals surface area (Å²) in [5.41, 5.74) is 1.62. The van der Waals surface area contributed by atoms with E-state index in [0.29, 0.717) is 23.3 Å². The molecule has 178 valence electrons. The van der Waals surface area contributed by atoms with Gasteiger partial charge in [-0.1, -0.05) is 6.07 Å². The molecule has 8 nitrogen and oxygen atoms in total. The molecule has 0 fully saturated rings. The molecule has 0 radical (unpaired) electrons. The Hall–Kier alpha value is -3.27. The first-order valence-electron chi connectivity index (χ1n) is 11.1. The minimum atomic E-state index is -1.03. The van der Waals surface area contributed by atoms with E-state index in [2.05, 4.69) is 63.7 Å². The minimum absolute atomic E-state index is 0.504. The Morgan fingerprint density at radius 2 is 1.68 bits per heavy atom. The number of nitrogens with one attached hydrogen (secondary N) is 2. The van der Waals surface area contributed by atoms with Gasteiger partial charge in [-0.2, -0.15) is 4.98 Å². The lowest BCUT2D eigenvalue weighted by atomic mass is 10.1. The fraction of sp³-hybridized carbons (Fsp3) is 0.320. The molecule has 9 heteroatoms. The summed E-state index contributed by atoms with van der Waals surface area (Å²) < 4.78 is 0. The summed E-state index contributed by atoms with van der Waals surface area (Å²) in [5, 5.41) is 19.8. The molecule has 0 saturated carbocycles. The van der Waals surface area contributed by atoms with Gasteiger partial charge in [-0.25, -0.2) is 9.97 Å². The summed E-state index contributed by atoms with van der Waals surface area (Å²) in [6, 6.07) is 15.8. The van der Waals surface area contributed by atoms with Crippen LogP contribution in [0, 0.1) is 0 Å². The van der Waals surface area contributed by atoms with Crippen LogP contribution in [0.1, 0.15) is 19.5 Å². The number of thiophene rings is 1. The molecule has 0 spiro atoms. The fourth-order valence-corrected chi connectivity index (χ4v) is 4.14. The van der Waals surface area contributed by atoms with Crippen molar-refractivity contribution >= 4 is 50.5 Å². The van der Waals surface area contributed by atoms with E-state index in [4.69, 9.17) is 4.98 Å². The Labute approximate surface area is 204 Å². The summed E-state index contributed by atoms with van der Waals surface area (Å²) >= 11 is 1.56. The van der Waals surface area contributed by atoms with Crippen molar-refractivity contribution in [2.45, 2.75) is 19.4 Å². The summed E-state index contributed by atoms with van der Waals surface area (Å²) in [7, 11) is 6.25. The first kappa shape index (κ1) is 23.9. The molecule has 3 aromatic heterocycles. The number of fused-ring (bicyclic) bond motifs is 1. The molecule has 4 aromatic rings. The second kappa shape index (κ2) is 9.92. The van der Waals surface area contributed by atoms with Crippen LogP contribution in [0.4, 0.5) is 29.0 Å². The van der Waals surface area contributed by atoms with E-state index in [1.54, 1.807) is 31.3 Å².